The van der Waals surface area contributed by atoms with Gasteiger partial charge < -0.3 is 10.6 Å². The van der Waals surface area contributed by atoms with E-state index in [1.807, 2.05) is 45.0 Å². The van der Waals surface area contributed by atoms with Gasteiger partial charge in [-0.2, -0.15) is 0 Å². The average molecular weight is 380 g/mol. The second-order valence-electron chi connectivity index (χ2n) is 6.70. The maximum absolute atomic E-state index is 11.9. The first kappa shape index (κ1) is 19.4. The van der Waals surface area contributed by atoms with E-state index in [2.05, 4.69) is 15.6 Å². The minimum Gasteiger partial charge on any atom is -0.355 e. The van der Waals surface area contributed by atoms with Crippen molar-refractivity contribution in [2.45, 2.75) is 33.6 Å². The van der Waals surface area contributed by atoms with Gasteiger partial charge in [0, 0.05) is 40.9 Å². The lowest BCUT2D eigenvalue weighted by Gasteiger charge is -2.17. The van der Waals surface area contributed by atoms with E-state index >= 15 is 0 Å². The second kappa shape index (κ2) is 8.45. The maximum Gasteiger partial charge on any atom is 0.227 e. The molecule has 2 aromatic rings. The summed E-state index contributed by atoms with van der Waals surface area (Å²) in [5, 5.41) is 6.78. The zero-order chi connectivity index (χ0) is 18.4. The molecule has 0 unspecified atom stereocenters. The van der Waals surface area contributed by atoms with E-state index in [1.54, 1.807) is 6.20 Å². The SMILES string of the molecule is CC(C)(C)C(=O)NCCC(=O)Nc1ncc(Cc2ccccc2Cl)s1. The molecule has 1 aromatic carbocycles. The van der Waals surface area contributed by atoms with Crippen LogP contribution in [0, 0.1) is 5.41 Å². The summed E-state index contributed by atoms with van der Waals surface area (Å²) in [5.41, 5.74) is 0.565. The summed E-state index contributed by atoms with van der Waals surface area (Å²) >= 11 is 7.58. The van der Waals surface area contributed by atoms with E-state index in [4.69, 9.17) is 11.6 Å². The maximum atomic E-state index is 11.9. The molecular weight excluding hydrogens is 358 g/mol. The van der Waals surface area contributed by atoms with E-state index in [1.165, 1.54) is 11.3 Å². The van der Waals surface area contributed by atoms with Crippen molar-refractivity contribution in [3.05, 3.63) is 45.9 Å². The summed E-state index contributed by atoms with van der Waals surface area (Å²) in [5.74, 6) is -0.246. The van der Waals surface area contributed by atoms with Crippen LogP contribution in [0.15, 0.2) is 30.5 Å². The molecule has 0 saturated carbocycles. The first-order chi connectivity index (χ1) is 11.8. The van der Waals surface area contributed by atoms with E-state index in [0.717, 1.165) is 15.5 Å². The number of carbonyl (C=O) groups excluding carboxylic acids is 2. The number of nitrogens with one attached hydrogen (secondary N) is 2. The first-order valence-electron chi connectivity index (χ1n) is 8.02. The lowest BCUT2D eigenvalue weighted by atomic mass is 9.96. The number of hydrogen-bond donors (Lipinski definition) is 2. The van der Waals surface area contributed by atoms with Gasteiger partial charge in [-0.1, -0.05) is 50.6 Å². The fourth-order valence-corrected chi connectivity index (χ4v) is 3.07. The highest BCUT2D eigenvalue weighted by Crippen LogP contribution is 2.24. The monoisotopic (exact) mass is 379 g/mol. The molecular formula is C18H22ClN3O2S. The number of halogens is 1. The molecule has 0 spiro atoms. The first-order valence-corrected chi connectivity index (χ1v) is 9.21. The molecule has 0 saturated heterocycles. The standard InChI is InChI=1S/C18H22ClN3O2S/c1-18(2,3)16(24)20-9-8-15(23)22-17-21-11-13(25-17)10-12-6-4-5-7-14(12)19/h4-7,11H,8-10H2,1-3H3,(H,20,24)(H,21,22,23). The lowest BCUT2D eigenvalue weighted by molar-refractivity contribution is -0.128. The van der Waals surface area contributed by atoms with E-state index < -0.39 is 5.41 Å². The van der Waals surface area contributed by atoms with Crippen molar-refractivity contribution < 1.29 is 9.59 Å². The van der Waals surface area contributed by atoms with Gasteiger partial charge in [-0.25, -0.2) is 4.98 Å². The van der Waals surface area contributed by atoms with Crippen LogP contribution in [0.3, 0.4) is 0 Å². The number of benzene rings is 1. The largest absolute Gasteiger partial charge is 0.355 e. The fraction of sp³-hybridized carbons (Fsp3) is 0.389. The average Bonchev–Trinajstić information content (AvgIpc) is 2.95. The molecule has 25 heavy (non-hydrogen) atoms. The third-order valence-electron chi connectivity index (χ3n) is 3.44. The molecule has 5 nitrogen and oxygen atoms in total. The second-order valence-corrected chi connectivity index (χ2v) is 8.23. The molecule has 0 aliphatic carbocycles. The molecule has 134 valence electrons. The Morgan fingerprint density at radius 3 is 2.64 bits per heavy atom. The van der Waals surface area contributed by atoms with Gasteiger partial charge in [0.05, 0.1) is 0 Å². The van der Waals surface area contributed by atoms with Crippen molar-refractivity contribution in [2.24, 2.45) is 5.41 Å². The topological polar surface area (TPSA) is 71.1 Å². The Hall–Kier alpha value is -1.92. The van der Waals surface area contributed by atoms with Crippen molar-refractivity contribution in [1.29, 1.82) is 0 Å². The summed E-state index contributed by atoms with van der Waals surface area (Å²) in [7, 11) is 0. The highest BCUT2D eigenvalue weighted by molar-refractivity contribution is 7.15. The van der Waals surface area contributed by atoms with Crippen molar-refractivity contribution in [2.75, 3.05) is 11.9 Å². The van der Waals surface area contributed by atoms with Gasteiger partial charge in [0.2, 0.25) is 11.8 Å². The van der Waals surface area contributed by atoms with Crippen LogP contribution in [0.2, 0.25) is 5.02 Å². The van der Waals surface area contributed by atoms with Gasteiger partial charge in [0.1, 0.15) is 0 Å². The van der Waals surface area contributed by atoms with Gasteiger partial charge in [-0.3, -0.25) is 9.59 Å². The summed E-state index contributed by atoms with van der Waals surface area (Å²) in [6.07, 6.45) is 2.63. The minimum absolute atomic E-state index is 0.0726. The normalized spacial score (nSPS) is 11.2. The highest BCUT2D eigenvalue weighted by atomic mass is 35.5. The number of aromatic nitrogens is 1. The number of amides is 2. The molecule has 2 N–H and O–H groups in total. The van der Waals surface area contributed by atoms with Gasteiger partial charge in [0.15, 0.2) is 5.13 Å². The number of thiazole rings is 1. The van der Waals surface area contributed by atoms with Crippen LogP contribution in [0.4, 0.5) is 5.13 Å². The van der Waals surface area contributed by atoms with Crippen LogP contribution in [-0.2, 0) is 16.0 Å². The number of anilines is 1. The van der Waals surface area contributed by atoms with Crippen molar-refractivity contribution in [1.82, 2.24) is 10.3 Å². The van der Waals surface area contributed by atoms with E-state index in [-0.39, 0.29) is 18.2 Å². The van der Waals surface area contributed by atoms with Gasteiger partial charge in [0.25, 0.3) is 0 Å². The Morgan fingerprint density at radius 1 is 1.24 bits per heavy atom. The summed E-state index contributed by atoms with van der Waals surface area (Å²) in [4.78, 5) is 28.9. The third-order valence-corrected chi connectivity index (χ3v) is 4.72. The molecule has 0 atom stereocenters. The molecule has 1 aromatic heterocycles. The number of hydrogen-bond acceptors (Lipinski definition) is 4. The molecule has 0 aliphatic heterocycles. The lowest BCUT2D eigenvalue weighted by Crippen LogP contribution is -2.36. The molecule has 1 heterocycles. The molecule has 0 bridgehead atoms. The summed E-state index contributed by atoms with van der Waals surface area (Å²) in [6.45, 7) is 5.80. The number of rotatable bonds is 6. The zero-order valence-corrected chi connectivity index (χ0v) is 16.1. The van der Waals surface area contributed by atoms with Crippen LogP contribution in [-0.4, -0.2) is 23.3 Å². The molecule has 0 radical (unpaired) electrons. The summed E-state index contributed by atoms with van der Waals surface area (Å²) < 4.78 is 0. The van der Waals surface area contributed by atoms with Gasteiger partial charge >= 0.3 is 0 Å². The molecule has 0 aliphatic rings. The minimum atomic E-state index is -0.459. The quantitative estimate of drug-likeness (QED) is 0.800. The van der Waals surface area contributed by atoms with E-state index in [0.29, 0.717) is 18.1 Å². The van der Waals surface area contributed by atoms with Crippen LogP contribution >= 0.6 is 22.9 Å². The Balaban J connectivity index is 1.81. The van der Waals surface area contributed by atoms with Crippen LogP contribution in [0.25, 0.3) is 0 Å². The fourth-order valence-electron chi connectivity index (χ4n) is 2.01. The van der Waals surface area contributed by atoms with E-state index in [9.17, 15) is 9.59 Å². The van der Waals surface area contributed by atoms with Crippen molar-refractivity contribution in [3.63, 3.8) is 0 Å². The van der Waals surface area contributed by atoms with Crippen LogP contribution in [0.5, 0.6) is 0 Å². The van der Waals surface area contributed by atoms with Crippen LogP contribution < -0.4 is 10.6 Å². The van der Waals surface area contributed by atoms with Crippen LogP contribution in [0.1, 0.15) is 37.6 Å². The van der Waals surface area contributed by atoms with Gasteiger partial charge in [-0.05, 0) is 11.6 Å². The Labute approximate surface area is 156 Å². The zero-order valence-electron chi connectivity index (χ0n) is 14.6. The number of carbonyl (C=O) groups is 2. The van der Waals surface area contributed by atoms with Crippen molar-refractivity contribution in [3.8, 4) is 0 Å². The Bertz CT molecular complexity index is 753. The molecule has 0 fully saturated rings. The Morgan fingerprint density at radius 2 is 1.96 bits per heavy atom. The highest BCUT2D eigenvalue weighted by Gasteiger charge is 2.20. The number of nitrogens with zero attached hydrogens (tertiary/aromatic N) is 1. The molecule has 2 amide bonds. The van der Waals surface area contributed by atoms with Gasteiger partial charge in [-0.15, -0.1) is 11.3 Å². The van der Waals surface area contributed by atoms with Crippen molar-refractivity contribution >= 4 is 39.9 Å². The molecule has 2 rings (SSSR count). The Kier molecular flexibility index (Phi) is 6.56. The molecule has 7 heteroatoms. The smallest absolute Gasteiger partial charge is 0.227 e. The predicted molar refractivity (Wildman–Crippen MR) is 102 cm³/mol. The summed E-state index contributed by atoms with van der Waals surface area (Å²) in [6, 6.07) is 7.66. The predicted octanol–water partition coefficient (Wildman–Crippen LogP) is 3.88. The third kappa shape index (κ3) is 6.14.